The maximum Gasteiger partial charge on any atom is 0.328 e. The van der Waals surface area contributed by atoms with Gasteiger partial charge in [-0.1, -0.05) is 26.8 Å². The summed E-state index contributed by atoms with van der Waals surface area (Å²) in [5.41, 5.74) is 0.847. The summed E-state index contributed by atoms with van der Waals surface area (Å²) in [5.74, 6) is -0.364. The molecule has 2 aromatic rings. The van der Waals surface area contributed by atoms with E-state index in [1.165, 1.54) is 7.11 Å². The van der Waals surface area contributed by atoms with Crippen LogP contribution in [-0.2, 0) is 14.3 Å². The number of carbonyl (C=O) groups is 3. The highest BCUT2D eigenvalue weighted by Crippen LogP contribution is 2.27. The standard InChI is InChI=1S/C26H38N4O5/c1-26(2,3)14-21(24(32)29-20(25(33)35-5)12-16-8-7-11-27-15-16)30-23(31)19-13-17-18(28-19)9-6-10-22(17)34-4/h6,9-10,13,16,20-21,27-28H,7-8,11-12,14-15H2,1-5H3,(H,29,32)(H,30,31)/t16-,20-,21-/m0/s1. The molecular weight excluding hydrogens is 448 g/mol. The molecular formula is C26H38N4O5. The lowest BCUT2D eigenvalue weighted by Crippen LogP contribution is -2.53. The molecule has 3 atom stereocenters. The predicted octanol–water partition coefficient (Wildman–Crippen LogP) is 2.76. The fourth-order valence-corrected chi connectivity index (χ4v) is 4.57. The number of ether oxygens (including phenoxy) is 2. The minimum atomic E-state index is -0.826. The second-order valence-electron chi connectivity index (χ2n) is 10.4. The van der Waals surface area contributed by atoms with E-state index in [1.807, 2.05) is 39.0 Å². The highest BCUT2D eigenvalue weighted by molar-refractivity contribution is 6.01. The molecule has 35 heavy (non-hydrogen) atoms. The quantitative estimate of drug-likeness (QED) is 0.405. The molecule has 0 bridgehead atoms. The topological polar surface area (TPSA) is 122 Å². The Labute approximate surface area is 206 Å². The van der Waals surface area contributed by atoms with Gasteiger partial charge in [-0.05, 0) is 68.3 Å². The van der Waals surface area contributed by atoms with E-state index in [2.05, 4.69) is 20.9 Å². The van der Waals surface area contributed by atoms with E-state index in [-0.39, 0.29) is 11.3 Å². The van der Waals surface area contributed by atoms with Gasteiger partial charge in [-0.15, -0.1) is 0 Å². The average Bonchev–Trinajstić information content (AvgIpc) is 3.27. The normalized spacial score (nSPS) is 17.9. The molecule has 0 radical (unpaired) electrons. The third-order valence-electron chi connectivity index (χ3n) is 6.30. The number of H-pyrrole nitrogens is 1. The van der Waals surface area contributed by atoms with Gasteiger partial charge in [0.05, 0.1) is 14.2 Å². The molecule has 0 aliphatic carbocycles. The number of esters is 1. The monoisotopic (exact) mass is 486 g/mol. The summed E-state index contributed by atoms with van der Waals surface area (Å²) >= 11 is 0. The van der Waals surface area contributed by atoms with Gasteiger partial charge in [-0.3, -0.25) is 9.59 Å². The molecule has 1 aromatic heterocycles. The summed E-state index contributed by atoms with van der Waals surface area (Å²) in [6.07, 6.45) is 2.91. The zero-order chi connectivity index (χ0) is 25.6. The number of hydrogen-bond donors (Lipinski definition) is 4. The van der Waals surface area contributed by atoms with Crippen LogP contribution in [0.25, 0.3) is 10.9 Å². The first-order valence-corrected chi connectivity index (χ1v) is 12.2. The number of methoxy groups -OCH3 is 2. The van der Waals surface area contributed by atoms with Crippen molar-refractivity contribution < 1.29 is 23.9 Å². The van der Waals surface area contributed by atoms with E-state index >= 15 is 0 Å². The van der Waals surface area contributed by atoms with E-state index in [1.54, 1.807) is 13.2 Å². The van der Waals surface area contributed by atoms with Crippen molar-refractivity contribution in [3.8, 4) is 5.75 Å². The molecule has 3 rings (SSSR count). The molecule has 1 fully saturated rings. The Morgan fingerprint density at radius 2 is 1.91 bits per heavy atom. The largest absolute Gasteiger partial charge is 0.496 e. The molecule has 1 aromatic carbocycles. The number of fused-ring (bicyclic) bond motifs is 1. The SMILES string of the molecule is COC(=O)[C@H](C[C@@H]1CCCNC1)NC(=O)[C@H](CC(C)(C)C)NC(=O)c1cc2c(OC)cccc2[nH]1. The Balaban J connectivity index is 1.77. The van der Waals surface area contributed by atoms with E-state index < -0.39 is 29.9 Å². The Kier molecular flexibility index (Phi) is 8.77. The molecule has 0 unspecified atom stereocenters. The second kappa shape index (κ2) is 11.6. The smallest absolute Gasteiger partial charge is 0.328 e. The fourth-order valence-electron chi connectivity index (χ4n) is 4.57. The number of aromatic amines is 1. The van der Waals surface area contributed by atoms with Crippen LogP contribution < -0.4 is 20.7 Å². The number of hydrogen-bond acceptors (Lipinski definition) is 6. The van der Waals surface area contributed by atoms with Crippen molar-refractivity contribution in [2.75, 3.05) is 27.3 Å². The van der Waals surface area contributed by atoms with Crippen LogP contribution in [0.4, 0.5) is 0 Å². The molecule has 4 N–H and O–H groups in total. The molecule has 9 heteroatoms. The highest BCUT2D eigenvalue weighted by Gasteiger charge is 2.32. The zero-order valence-electron chi connectivity index (χ0n) is 21.3. The number of piperidine rings is 1. The van der Waals surface area contributed by atoms with Gasteiger partial charge in [0.25, 0.3) is 5.91 Å². The van der Waals surface area contributed by atoms with Crippen LogP contribution in [-0.4, -0.2) is 62.2 Å². The molecule has 192 valence electrons. The van der Waals surface area contributed by atoms with Crippen LogP contribution in [0.2, 0.25) is 0 Å². The van der Waals surface area contributed by atoms with Crippen LogP contribution in [0.5, 0.6) is 5.75 Å². The number of carbonyl (C=O) groups excluding carboxylic acids is 3. The highest BCUT2D eigenvalue weighted by atomic mass is 16.5. The van der Waals surface area contributed by atoms with E-state index in [9.17, 15) is 14.4 Å². The molecule has 2 heterocycles. The first-order valence-electron chi connectivity index (χ1n) is 12.2. The summed E-state index contributed by atoms with van der Waals surface area (Å²) in [6.45, 7) is 7.76. The molecule has 2 amide bonds. The van der Waals surface area contributed by atoms with Gasteiger partial charge < -0.3 is 30.4 Å². The van der Waals surface area contributed by atoms with Crippen LogP contribution in [0, 0.1) is 11.3 Å². The molecule has 1 aliphatic rings. The lowest BCUT2D eigenvalue weighted by molar-refractivity contribution is -0.146. The van der Waals surface area contributed by atoms with Crippen molar-refractivity contribution in [2.45, 2.75) is 58.5 Å². The second-order valence-corrected chi connectivity index (χ2v) is 10.4. The summed E-state index contributed by atoms with van der Waals surface area (Å²) in [4.78, 5) is 42.1. The summed E-state index contributed by atoms with van der Waals surface area (Å²) in [5, 5.41) is 9.83. The van der Waals surface area contributed by atoms with Crippen molar-refractivity contribution in [3.05, 3.63) is 30.0 Å². The van der Waals surface area contributed by atoms with Gasteiger partial charge in [0.2, 0.25) is 5.91 Å². The van der Waals surface area contributed by atoms with Crippen molar-refractivity contribution in [2.24, 2.45) is 11.3 Å². The number of amides is 2. The third-order valence-corrected chi connectivity index (χ3v) is 6.30. The van der Waals surface area contributed by atoms with Gasteiger partial charge in [-0.2, -0.15) is 0 Å². The van der Waals surface area contributed by atoms with Crippen molar-refractivity contribution in [3.63, 3.8) is 0 Å². The van der Waals surface area contributed by atoms with Crippen LogP contribution in [0.1, 0.15) is 56.9 Å². The molecule has 0 spiro atoms. The maximum atomic E-state index is 13.4. The lowest BCUT2D eigenvalue weighted by atomic mass is 9.87. The van der Waals surface area contributed by atoms with Crippen LogP contribution >= 0.6 is 0 Å². The van der Waals surface area contributed by atoms with Crippen LogP contribution in [0.3, 0.4) is 0 Å². The first-order chi connectivity index (χ1) is 16.6. The predicted molar refractivity (Wildman–Crippen MR) is 134 cm³/mol. The van der Waals surface area contributed by atoms with Crippen molar-refractivity contribution >= 4 is 28.7 Å². The van der Waals surface area contributed by atoms with Gasteiger partial charge in [-0.25, -0.2) is 4.79 Å². The maximum absolute atomic E-state index is 13.4. The van der Waals surface area contributed by atoms with Crippen LogP contribution in [0.15, 0.2) is 24.3 Å². The number of aromatic nitrogens is 1. The minimum absolute atomic E-state index is 0.243. The zero-order valence-corrected chi connectivity index (χ0v) is 21.3. The first kappa shape index (κ1) is 26.5. The summed E-state index contributed by atoms with van der Waals surface area (Å²) in [7, 11) is 2.89. The third kappa shape index (κ3) is 7.21. The molecule has 0 saturated carbocycles. The Morgan fingerprint density at radius 1 is 1.14 bits per heavy atom. The fraction of sp³-hybridized carbons (Fsp3) is 0.577. The number of nitrogens with one attached hydrogen (secondary N) is 4. The Hall–Kier alpha value is -3.07. The summed E-state index contributed by atoms with van der Waals surface area (Å²) in [6, 6.07) is 5.63. The summed E-state index contributed by atoms with van der Waals surface area (Å²) < 4.78 is 10.3. The number of rotatable bonds is 9. The van der Waals surface area contributed by atoms with E-state index in [4.69, 9.17) is 9.47 Å². The lowest BCUT2D eigenvalue weighted by Gasteiger charge is -2.29. The number of benzene rings is 1. The van der Waals surface area contributed by atoms with E-state index in [0.717, 1.165) is 36.8 Å². The molecule has 1 saturated heterocycles. The Morgan fingerprint density at radius 3 is 2.54 bits per heavy atom. The molecule has 1 aliphatic heterocycles. The molecule has 9 nitrogen and oxygen atoms in total. The van der Waals surface area contributed by atoms with Crippen molar-refractivity contribution in [1.82, 2.24) is 20.9 Å². The van der Waals surface area contributed by atoms with Gasteiger partial charge in [0, 0.05) is 10.9 Å². The van der Waals surface area contributed by atoms with Gasteiger partial charge in [0.15, 0.2) is 0 Å². The average molecular weight is 487 g/mol. The Bertz CT molecular complexity index is 1040. The minimum Gasteiger partial charge on any atom is -0.496 e. The van der Waals surface area contributed by atoms with Crippen molar-refractivity contribution in [1.29, 1.82) is 0 Å². The van der Waals surface area contributed by atoms with Gasteiger partial charge >= 0.3 is 5.97 Å². The van der Waals surface area contributed by atoms with Gasteiger partial charge in [0.1, 0.15) is 23.5 Å². The van der Waals surface area contributed by atoms with E-state index in [0.29, 0.717) is 24.3 Å².